The Hall–Kier alpha value is -2.34. The first-order valence-corrected chi connectivity index (χ1v) is 9.03. The minimum Gasteiger partial charge on any atom is -0.0622 e. The molecule has 1 aliphatic carbocycles. The van der Waals surface area contributed by atoms with Gasteiger partial charge in [0.2, 0.25) is 0 Å². The molecule has 0 spiro atoms. The zero-order valence-corrected chi connectivity index (χ0v) is 14.2. The van der Waals surface area contributed by atoms with Crippen LogP contribution in [0.1, 0.15) is 59.8 Å². The maximum Gasteiger partial charge on any atom is 0.00924 e. The third-order valence-corrected chi connectivity index (χ3v) is 5.67. The number of rotatable bonds is 3. The molecule has 0 saturated heterocycles. The molecule has 0 bridgehead atoms. The molecule has 0 aliphatic heterocycles. The van der Waals surface area contributed by atoms with E-state index in [0.717, 1.165) is 0 Å². The number of fused-ring (bicyclic) bond motifs is 1. The summed E-state index contributed by atoms with van der Waals surface area (Å²) in [6.07, 6.45) is 2.50. The van der Waals surface area contributed by atoms with Crippen LogP contribution in [0.4, 0.5) is 0 Å². The van der Waals surface area contributed by atoms with Crippen molar-refractivity contribution in [2.24, 2.45) is 0 Å². The van der Waals surface area contributed by atoms with E-state index in [0.29, 0.717) is 17.8 Å². The molecule has 0 heterocycles. The molecule has 0 nitrogen and oxygen atoms in total. The average Bonchev–Trinajstić information content (AvgIpc) is 2.68. The quantitative estimate of drug-likeness (QED) is 0.518. The summed E-state index contributed by atoms with van der Waals surface area (Å²) in [4.78, 5) is 0. The summed E-state index contributed by atoms with van der Waals surface area (Å²) in [6, 6.07) is 31.1. The van der Waals surface area contributed by atoms with Crippen LogP contribution in [0.5, 0.6) is 0 Å². The Morgan fingerprint density at radius 3 is 1.96 bits per heavy atom. The van der Waals surface area contributed by atoms with Gasteiger partial charge in [-0.3, -0.25) is 0 Å². The highest BCUT2D eigenvalue weighted by Gasteiger charge is 2.31. The van der Waals surface area contributed by atoms with Crippen molar-refractivity contribution >= 4 is 0 Å². The van der Waals surface area contributed by atoms with Gasteiger partial charge in [-0.1, -0.05) is 91.9 Å². The molecule has 0 heteroatoms. The van der Waals surface area contributed by atoms with E-state index in [4.69, 9.17) is 0 Å². The highest BCUT2D eigenvalue weighted by molar-refractivity contribution is 5.43. The molecule has 0 saturated carbocycles. The van der Waals surface area contributed by atoms with Crippen LogP contribution in [0.15, 0.2) is 84.9 Å². The zero-order chi connectivity index (χ0) is 16.4. The molecule has 3 aromatic carbocycles. The van der Waals surface area contributed by atoms with Crippen molar-refractivity contribution in [3.05, 3.63) is 107 Å². The molecule has 1 aliphatic rings. The smallest absolute Gasteiger partial charge is 0.00924 e. The topological polar surface area (TPSA) is 0 Å². The monoisotopic (exact) mass is 312 g/mol. The molecule has 0 unspecified atom stereocenters. The Kier molecular flexibility index (Phi) is 4.21. The molecular weight excluding hydrogens is 288 g/mol. The Bertz CT molecular complexity index is 789. The first-order valence-electron chi connectivity index (χ1n) is 9.03. The molecule has 0 fully saturated rings. The fourth-order valence-electron chi connectivity index (χ4n) is 4.36. The van der Waals surface area contributed by atoms with Gasteiger partial charge >= 0.3 is 0 Å². The second-order valence-corrected chi connectivity index (χ2v) is 6.98. The molecule has 3 aromatic rings. The maximum atomic E-state index is 2.39. The van der Waals surface area contributed by atoms with Gasteiger partial charge in [-0.25, -0.2) is 0 Å². The van der Waals surface area contributed by atoms with Gasteiger partial charge in [0.15, 0.2) is 0 Å². The van der Waals surface area contributed by atoms with Gasteiger partial charge in [0, 0.05) is 5.92 Å². The van der Waals surface area contributed by atoms with Crippen LogP contribution in [0, 0.1) is 0 Å². The van der Waals surface area contributed by atoms with Crippen LogP contribution in [0.25, 0.3) is 0 Å². The normalized spacial score (nSPS) is 21.0. The molecule has 24 heavy (non-hydrogen) atoms. The Balaban J connectivity index is 1.72. The molecule has 120 valence electrons. The third kappa shape index (κ3) is 2.78. The first-order chi connectivity index (χ1) is 11.8. The summed E-state index contributed by atoms with van der Waals surface area (Å²) in [7, 11) is 0. The summed E-state index contributed by atoms with van der Waals surface area (Å²) in [6.45, 7) is 2.39. The van der Waals surface area contributed by atoms with Crippen LogP contribution >= 0.6 is 0 Å². The van der Waals surface area contributed by atoms with E-state index in [1.807, 2.05) is 0 Å². The van der Waals surface area contributed by atoms with Crippen LogP contribution < -0.4 is 0 Å². The standard InChI is InChI=1S/C24H24/c1-18(19-10-4-2-5-11-19)21-16-17-22(20-12-6-3-7-13-20)24-15-9-8-14-23(21)24/h2-15,18,21-22H,16-17H2,1H3/t18-,21+,22-/m0/s1. The minimum atomic E-state index is 0.543. The van der Waals surface area contributed by atoms with Crippen LogP contribution in [-0.2, 0) is 0 Å². The van der Waals surface area contributed by atoms with E-state index in [1.54, 1.807) is 5.56 Å². The van der Waals surface area contributed by atoms with Gasteiger partial charge in [0.05, 0.1) is 0 Å². The van der Waals surface area contributed by atoms with E-state index < -0.39 is 0 Å². The van der Waals surface area contributed by atoms with Crippen molar-refractivity contribution in [3.8, 4) is 0 Å². The number of benzene rings is 3. The second kappa shape index (κ2) is 6.65. The largest absolute Gasteiger partial charge is 0.0622 e. The van der Waals surface area contributed by atoms with Crippen molar-refractivity contribution in [1.82, 2.24) is 0 Å². The fourth-order valence-corrected chi connectivity index (χ4v) is 4.36. The summed E-state index contributed by atoms with van der Waals surface area (Å²) in [5, 5.41) is 0. The van der Waals surface area contributed by atoms with Crippen LogP contribution in [-0.4, -0.2) is 0 Å². The molecule has 0 radical (unpaired) electrons. The Morgan fingerprint density at radius 2 is 1.25 bits per heavy atom. The lowest BCUT2D eigenvalue weighted by Gasteiger charge is -2.35. The molecular formula is C24H24. The molecule has 0 amide bonds. The lowest BCUT2D eigenvalue weighted by atomic mass is 9.69. The zero-order valence-electron chi connectivity index (χ0n) is 14.2. The summed E-state index contributed by atoms with van der Waals surface area (Å²) in [5.74, 6) is 1.72. The highest BCUT2D eigenvalue weighted by atomic mass is 14.3. The lowest BCUT2D eigenvalue weighted by molar-refractivity contribution is 0.464. The number of hydrogen-bond donors (Lipinski definition) is 0. The summed E-state index contributed by atoms with van der Waals surface area (Å²) >= 11 is 0. The minimum absolute atomic E-state index is 0.543. The van der Waals surface area contributed by atoms with E-state index in [9.17, 15) is 0 Å². The van der Waals surface area contributed by atoms with Gasteiger partial charge in [0.1, 0.15) is 0 Å². The third-order valence-electron chi connectivity index (χ3n) is 5.67. The average molecular weight is 312 g/mol. The first kappa shape index (κ1) is 15.2. The van der Waals surface area contributed by atoms with Gasteiger partial charge in [-0.15, -0.1) is 0 Å². The lowest BCUT2D eigenvalue weighted by Crippen LogP contribution is -2.19. The van der Waals surface area contributed by atoms with E-state index in [-0.39, 0.29) is 0 Å². The highest BCUT2D eigenvalue weighted by Crippen LogP contribution is 2.47. The molecule has 4 rings (SSSR count). The van der Waals surface area contributed by atoms with Crippen molar-refractivity contribution in [1.29, 1.82) is 0 Å². The van der Waals surface area contributed by atoms with Crippen molar-refractivity contribution in [3.63, 3.8) is 0 Å². The van der Waals surface area contributed by atoms with Gasteiger partial charge in [-0.2, -0.15) is 0 Å². The fraction of sp³-hybridized carbons (Fsp3) is 0.250. The molecule has 0 aromatic heterocycles. The summed E-state index contributed by atoms with van der Waals surface area (Å²) in [5.41, 5.74) is 5.99. The number of hydrogen-bond acceptors (Lipinski definition) is 0. The second-order valence-electron chi connectivity index (χ2n) is 6.98. The molecule has 0 N–H and O–H groups in total. The van der Waals surface area contributed by atoms with E-state index in [1.165, 1.54) is 29.5 Å². The predicted octanol–water partition coefficient (Wildman–Crippen LogP) is 6.50. The summed E-state index contributed by atoms with van der Waals surface area (Å²) < 4.78 is 0. The van der Waals surface area contributed by atoms with Crippen LogP contribution in [0.2, 0.25) is 0 Å². The van der Waals surface area contributed by atoms with Crippen LogP contribution in [0.3, 0.4) is 0 Å². The van der Waals surface area contributed by atoms with Gasteiger partial charge in [0.25, 0.3) is 0 Å². The Labute approximate surface area is 145 Å². The SMILES string of the molecule is C[C@@H](c1ccccc1)[C@H]1CC[C@@H](c2ccccc2)c2ccccc21. The van der Waals surface area contributed by atoms with Crippen molar-refractivity contribution < 1.29 is 0 Å². The maximum absolute atomic E-state index is 2.39. The van der Waals surface area contributed by atoms with Gasteiger partial charge in [-0.05, 0) is 46.9 Å². The Morgan fingerprint density at radius 1 is 0.667 bits per heavy atom. The van der Waals surface area contributed by atoms with Crippen molar-refractivity contribution in [2.45, 2.75) is 37.5 Å². The van der Waals surface area contributed by atoms with E-state index >= 15 is 0 Å². The molecule has 3 atom stereocenters. The van der Waals surface area contributed by atoms with E-state index in [2.05, 4.69) is 91.9 Å². The van der Waals surface area contributed by atoms with Crippen molar-refractivity contribution in [2.75, 3.05) is 0 Å². The predicted molar refractivity (Wildman–Crippen MR) is 102 cm³/mol. The van der Waals surface area contributed by atoms with Gasteiger partial charge < -0.3 is 0 Å².